The normalized spacial score (nSPS) is 12.4. The van der Waals surface area contributed by atoms with E-state index in [0.29, 0.717) is 12.2 Å². The molecule has 20 heavy (non-hydrogen) atoms. The third kappa shape index (κ3) is 4.32. The van der Waals surface area contributed by atoms with Gasteiger partial charge in [-0.25, -0.2) is 0 Å². The molecule has 1 heterocycles. The standard InChI is InChI=1S/C16H18BrNO2/c1-11(2)20-15-8-13(9-18-10-15)16(19)7-12-3-5-14(17)6-4-12/h3-6,8-11,16,19H,7H2,1-2H3. The first-order chi connectivity index (χ1) is 9.54. The zero-order valence-electron chi connectivity index (χ0n) is 11.6. The summed E-state index contributed by atoms with van der Waals surface area (Å²) in [5, 5.41) is 10.3. The van der Waals surface area contributed by atoms with Crippen LogP contribution in [-0.4, -0.2) is 16.2 Å². The van der Waals surface area contributed by atoms with E-state index in [1.54, 1.807) is 12.4 Å². The second-order valence-electron chi connectivity index (χ2n) is 4.97. The van der Waals surface area contributed by atoms with E-state index in [2.05, 4.69) is 20.9 Å². The van der Waals surface area contributed by atoms with Crippen LogP contribution in [0.4, 0.5) is 0 Å². The summed E-state index contributed by atoms with van der Waals surface area (Å²) in [6.07, 6.45) is 3.40. The zero-order chi connectivity index (χ0) is 14.5. The Morgan fingerprint density at radius 2 is 1.90 bits per heavy atom. The first-order valence-corrected chi connectivity index (χ1v) is 7.38. The Labute approximate surface area is 127 Å². The van der Waals surface area contributed by atoms with Crippen LogP contribution in [0.2, 0.25) is 0 Å². The van der Waals surface area contributed by atoms with E-state index in [-0.39, 0.29) is 6.10 Å². The first kappa shape index (κ1) is 15.0. The third-order valence-corrected chi connectivity index (χ3v) is 3.36. The second-order valence-corrected chi connectivity index (χ2v) is 5.88. The van der Waals surface area contributed by atoms with Gasteiger partial charge < -0.3 is 9.84 Å². The van der Waals surface area contributed by atoms with Crippen molar-refractivity contribution in [2.75, 3.05) is 0 Å². The first-order valence-electron chi connectivity index (χ1n) is 6.58. The highest BCUT2D eigenvalue weighted by Crippen LogP contribution is 2.22. The summed E-state index contributed by atoms with van der Waals surface area (Å²) in [5.74, 6) is 0.687. The largest absolute Gasteiger partial charge is 0.489 e. The molecule has 0 aliphatic heterocycles. The molecule has 0 aliphatic carbocycles. The van der Waals surface area contributed by atoms with E-state index in [0.717, 1.165) is 15.6 Å². The topological polar surface area (TPSA) is 42.4 Å². The molecule has 1 aromatic heterocycles. The van der Waals surface area contributed by atoms with Crippen LogP contribution in [0, 0.1) is 0 Å². The maximum absolute atomic E-state index is 10.3. The molecule has 4 heteroatoms. The van der Waals surface area contributed by atoms with Crippen molar-refractivity contribution < 1.29 is 9.84 Å². The van der Waals surface area contributed by atoms with Gasteiger partial charge in [-0.2, -0.15) is 0 Å². The predicted molar refractivity (Wildman–Crippen MR) is 82.8 cm³/mol. The van der Waals surface area contributed by atoms with Crippen LogP contribution in [0.25, 0.3) is 0 Å². The number of halogens is 1. The third-order valence-electron chi connectivity index (χ3n) is 2.83. The monoisotopic (exact) mass is 335 g/mol. The van der Waals surface area contributed by atoms with Crippen molar-refractivity contribution in [1.82, 2.24) is 4.98 Å². The average Bonchev–Trinajstić information content (AvgIpc) is 2.41. The number of nitrogens with zero attached hydrogens (tertiary/aromatic N) is 1. The summed E-state index contributed by atoms with van der Waals surface area (Å²) in [5.41, 5.74) is 1.85. The van der Waals surface area contributed by atoms with E-state index in [4.69, 9.17) is 4.74 Å². The molecule has 1 atom stereocenters. The summed E-state index contributed by atoms with van der Waals surface area (Å²) in [4.78, 5) is 4.12. The molecule has 1 aromatic carbocycles. The molecule has 0 fully saturated rings. The lowest BCUT2D eigenvalue weighted by Crippen LogP contribution is -2.07. The molecule has 1 unspecified atom stereocenters. The number of aliphatic hydroxyl groups is 1. The summed E-state index contributed by atoms with van der Waals surface area (Å²) in [6, 6.07) is 9.78. The minimum absolute atomic E-state index is 0.0932. The minimum atomic E-state index is -0.584. The Hall–Kier alpha value is -1.39. The number of ether oxygens (including phenoxy) is 1. The van der Waals surface area contributed by atoms with Crippen molar-refractivity contribution in [3.05, 3.63) is 58.3 Å². The molecule has 1 N–H and O–H groups in total. The fraction of sp³-hybridized carbons (Fsp3) is 0.312. The van der Waals surface area contributed by atoms with Crippen LogP contribution in [-0.2, 0) is 6.42 Å². The van der Waals surface area contributed by atoms with Gasteiger partial charge in [0.2, 0.25) is 0 Å². The lowest BCUT2D eigenvalue weighted by molar-refractivity contribution is 0.176. The number of rotatable bonds is 5. The van der Waals surface area contributed by atoms with Crippen molar-refractivity contribution in [2.45, 2.75) is 32.5 Å². The summed E-state index contributed by atoms with van der Waals surface area (Å²) < 4.78 is 6.62. The van der Waals surface area contributed by atoms with Crippen LogP contribution in [0.3, 0.4) is 0 Å². The predicted octanol–water partition coefficient (Wildman–Crippen LogP) is 3.91. The summed E-state index contributed by atoms with van der Waals surface area (Å²) in [6.45, 7) is 3.93. The van der Waals surface area contributed by atoms with E-state index in [1.807, 2.05) is 44.2 Å². The van der Waals surface area contributed by atoms with Gasteiger partial charge >= 0.3 is 0 Å². The lowest BCUT2D eigenvalue weighted by atomic mass is 10.0. The van der Waals surface area contributed by atoms with Gasteiger partial charge in [-0.05, 0) is 37.6 Å². The van der Waals surface area contributed by atoms with Gasteiger partial charge in [0.25, 0.3) is 0 Å². The van der Waals surface area contributed by atoms with Crippen molar-refractivity contribution in [3.63, 3.8) is 0 Å². The SMILES string of the molecule is CC(C)Oc1cncc(C(O)Cc2ccc(Br)cc2)c1. The molecule has 0 saturated heterocycles. The molecule has 0 amide bonds. The summed E-state index contributed by atoms with van der Waals surface area (Å²) in [7, 11) is 0. The Morgan fingerprint density at radius 1 is 1.20 bits per heavy atom. The molecule has 2 aromatic rings. The Balaban J connectivity index is 2.08. The lowest BCUT2D eigenvalue weighted by Gasteiger charge is -2.14. The Kier molecular flexibility index (Phi) is 5.15. The number of benzene rings is 1. The number of hydrogen-bond acceptors (Lipinski definition) is 3. The van der Waals surface area contributed by atoms with Gasteiger partial charge in [0.1, 0.15) is 5.75 Å². The molecule has 3 nitrogen and oxygen atoms in total. The average molecular weight is 336 g/mol. The molecule has 0 saturated carbocycles. The van der Waals surface area contributed by atoms with Crippen molar-refractivity contribution in [3.8, 4) is 5.75 Å². The van der Waals surface area contributed by atoms with E-state index in [9.17, 15) is 5.11 Å². The minimum Gasteiger partial charge on any atom is -0.489 e. The molecule has 0 aliphatic rings. The van der Waals surface area contributed by atoms with E-state index in [1.165, 1.54) is 0 Å². The van der Waals surface area contributed by atoms with E-state index >= 15 is 0 Å². The quantitative estimate of drug-likeness (QED) is 0.900. The van der Waals surface area contributed by atoms with Crippen LogP contribution in [0.5, 0.6) is 5.75 Å². The van der Waals surface area contributed by atoms with Gasteiger partial charge in [-0.3, -0.25) is 4.98 Å². The van der Waals surface area contributed by atoms with Gasteiger partial charge in [-0.1, -0.05) is 28.1 Å². The molecule has 0 spiro atoms. The van der Waals surface area contributed by atoms with E-state index < -0.39 is 6.10 Å². The summed E-state index contributed by atoms with van der Waals surface area (Å²) >= 11 is 3.40. The molecular weight excluding hydrogens is 318 g/mol. The smallest absolute Gasteiger partial charge is 0.138 e. The fourth-order valence-corrected chi connectivity index (χ4v) is 2.18. The molecule has 106 valence electrons. The Morgan fingerprint density at radius 3 is 2.55 bits per heavy atom. The van der Waals surface area contributed by atoms with Crippen LogP contribution in [0.1, 0.15) is 31.1 Å². The zero-order valence-corrected chi connectivity index (χ0v) is 13.2. The van der Waals surface area contributed by atoms with Crippen molar-refractivity contribution >= 4 is 15.9 Å². The number of pyridine rings is 1. The maximum Gasteiger partial charge on any atom is 0.138 e. The van der Waals surface area contributed by atoms with Crippen molar-refractivity contribution in [2.24, 2.45) is 0 Å². The van der Waals surface area contributed by atoms with Gasteiger partial charge in [-0.15, -0.1) is 0 Å². The number of aliphatic hydroxyl groups excluding tert-OH is 1. The maximum atomic E-state index is 10.3. The highest BCUT2D eigenvalue weighted by Gasteiger charge is 2.11. The van der Waals surface area contributed by atoms with Gasteiger partial charge in [0, 0.05) is 22.7 Å². The fourth-order valence-electron chi connectivity index (χ4n) is 1.92. The van der Waals surface area contributed by atoms with Gasteiger partial charge in [0.05, 0.1) is 18.4 Å². The van der Waals surface area contributed by atoms with Crippen LogP contribution >= 0.6 is 15.9 Å². The number of hydrogen-bond donors (Lipinski definition) is 1. The van der Waals surface area contributed by atoms with Crippen molar-refractivity contribution in [1.29, 1.82) is 0 Å². The second kappa shape index (κ2) is 6.86. The molecule has 0 radical (unpaired) electrons. The molecule has 2 rings (SSSR count). The highest BCUT2D eigenvalue weighted by molar-refractivity contribution is 9.10. The van der Waals surface area contributed by atoms with Crippen LogP contribution < -0.4 is 4.74 Å². The Bertz CT molecular complexity index is 555. The molecule has 0 bridgehead atoms. The highest BCUT2D eigenvalue weighted by atomic mass is 79.9. The van der Waals surface area contributed by atoms with Gasteiger partial charge in [0.15, 0.2) is 0 Å². The number of aromatic nitrogens is 1. The molecular formula is C16H18BrNO2. The van der Waals surface area contributed by atoms with Crippen LogP contribution in [0.15, 0.2) is 47.2 Å².